The van der Waals surface area contributed by atoms with Crippen molar-refractivity contribution < 1.29 is 18.7 Å². The summed E-state index contributed by atoms with van der Waals surface area (Å²) in [5.41, 5.74) is 1.70. The van der Waals surface area contributed by atoms with Gasteiger partial charge in [0.2, 0.25) is 0 Å². The Kier molecular flexibility index (Phi) is 4.63. The number of nitrogens with one attached hydrogen (secondary N) is 1. The van der Waals surface area contributed by atoms with E-state index in [0.29, 0.717) is 28.1 Å². The van der Waals surface area contributed by atoms with E-state index in [4.69, 9.17) is 16.0 Å². The fraction of sp³-hybridized carbons (Fsp3) is 0. The number of nitriles is 1. The van der Waals surface area contributed by atoms with Gasteiger partial charge in [-0.15, -0.1) is 0 Å². The van der Waals surface area contributed by atoms with E-state index in [-0.39, 0.29) is 22.0 Å². The fourth-order valence-corrected chi connectivity index (χ4v) is 3.03. The molecule has 2 aromatic carbocycles. The molecule has 8 heteroatoms. The minimum Gasteiger partial charge on any atom is -0.478 e. The summed E-state index contributed by atoms with van der Waals surface area (Å²) in [4.78, 5) is 18.5. The number of benzene rings is 2. The van der Waals surface area contributed by atoms with Crippen molar-refractivity contribution in [3.8, 4) is 17.4 Å². The van der Waals surface area contributed by atoms with E-state index in [2.05, 4.69) is 9.97 Å². The van der Waals surface area contributed by atoms with Gasteiger partial charge in [-0.3, -0.25) is 0 Å². The molecule has 6 nitrogen and oxygen atoms in total. The number of carbonyl (C=O) groups is 1. The maximum atomic E-state index is 13.4. The number of hydrogen-bond acceptors (Lipinski definition) is 4. The number of carboxylic acids is 1. The number of hydrogen-bond donors (Lipinski definition) is 2. The van der Waals surface area contributed by atoms with Crippen LogP contribution in [0.5, 0.6) is 0 Å². The standard InChI is InChI=1S/C21H11ClFN3O3/c22-16-4-1-11(8-15(16)21(27)28)19-6-3-14(29-19)7-12(10-24)20-25-17-5-2-13(23)9-18(17)26-20/h1-9H,(H,25,26)(H,27,28)/b12-7+. The second-order valence-corrected chi connectivity index (χ2v) is 6.53. The third kappa shape index (κ3) is 3.61. The second kappa shape index (κ2) is 7.26. The van der Waals surface area contributed by atoms with Crippen LogP contribution in [0.25, 0.3) is 34.0 Å². The van der Waals surface area contributed by atoms with Gasteiger partial charge in [-0.1, -0.05) is 11.6 Å². The first-order valence-corrected chi connectivity index (χ1v) is 8.73. The normalized spacial score (nSPS) is 11.6. The van der Waals surface area contributed by atoms with E-state index in [1.165, 1.54) is 36.4 Å². The van der Waals surface area contributed by atoms with Crippen LogP contribution in [0.3, 0.4) is 0 Å². The van der Waals surface area contributed by atoms with Crippen molar-refractivity contribution in [2.75, 3.05) is 0 Å². The molecule has 4 aromatic rings. The van der Waals surface area contributed by atoms with Gasteiger partial charge in [-0.05, 0) is 48.5 Å². The van der Waals surface area contributed by atoms with Crippen LogP contribution in [0.1, 0.15) is 21.9 Å². The number of imidazole rings is 1. The van der Waals surface area contributed by atoms with Gasteiger partial charge in [-0.2, -0.15) is 5.26 Å². The topological polar surface area (TPSA) is 103 Å². The summed E-state index contributed by atoms with van der Waals surface area (Å²) in [6.45, 7) is 0. The van der Waals surface area contributed by atoms with Gasteiger partial charge < -0.3 is 14.5 Å². The molecular weight excluding hydrogens is 397 g/mol. The van der Waals surface area contributed by atoms with Crippen molar-refractivity contribution in [3.05, 3.63) is 76.5 Å². The first-order chi connectivity index (χ1) is 13.9. The number of halogens is 2. The molecule has 0 fully saturated rings. The Morgan fingerprint density at radius 3 is 2.83 bits per heavy atom. The molecule has 0 radical (unpaired) electrons. The lowest BCUT2D eigenvalue weighted by Crippen LogP contribution is -1.97. The molecule has 2 heterocycles. The molecule has 0 atom stereocenters. The molecule has 0 aliphatic carbocycles. The molecular formula is C21H11ClFN3O3. The number of rotatable bonds is 4. The molecule has 0 aliphatic heterocycles. The lowest BCUT2D eigenvalue weighted by atomic mass is 10.1. The molecule has 4 rings (SSSR count). The van der Waals surface area contributed by atoms with Crippen molar-refractivity contribution in [2.24, 2.45) is 0 Å². The van der Waals surface area contributed by atoms with E-state index in [1.807, 2.05) is 6.07 Å². The van der Waals surface area contributed by atoms with Gasteiger partial charge in [0.15, 0.2) is 0 Å². The Labute approximate surface area is 168 Å². The molecule has 0 unspecified atom stereocenters. The third-order valence-electron chi connectivity index (χ3n) is 4.21. The van der Waals surface area contributed by atoms with Crippen LogP contribution in [-0.4, -0.2) is 21.0 Å². The van der Waals surface area contributed by atoms with Gasteiger partial charge in [0.1, 0.15) is 29.2 Å². The minimum absolute atomic E-state index is 0.0371. The van der Waals surface area contributed by atoms with Crippen LogP contribution in [0.4, 0.5) is 4.39 Å². The Morgan fingerprint density at radius 2 is 2.07 bits per heavy atom. The van der Waals surface area contributed by atoms with Crippen LogP contribution < -0.4 is 0 Å². The summed E-state index contributed by atoms with van der Waals surface area (Å²) >= 11 is 5.89. The molecule has 142 valence electrons. The summed E-state index contributed by atoms with van der Waals surface area (Å²) in [7, 11) is 0. The largest absolute Gasteiger partial charge is 0.478 e. The van der Waals surface area contributed by atoms with Gasteiger partial charge in [0, 0.05) is 11.6 Å². The number of furan rings is 1. The van der Waals surface area contributed by atoms with Crippen molar-refractivity contribution in [1.29, 1.82) is 5.26 Å². The predicted octanol–water partition coefficient (Wildman–Crippen LogP) is 5.38. The highest BCUT2D eigenvalue weighted by Gasteiger charge is 2.13. The monoisotopic (exact) mass is 407 g/mol. The van der Waals surface area contributed by atoms with E-state index >= 15 is 0 Å². The van der Waals surface area contributed by atoms with E-state index in [0.717, 1.165) is 0 Å². The minimum atomic E-state index is -1.14. The van der Waals surface area contributed by atoms with E-state index in [9.17, 15) is 19.6 Å². The van der Waals surface area contributed by atoms with Crippen molar-refractivity contribution in [1.82, 2.24) is 9.97 Å². The molecule has 2 aromatic heterocycles. The van der Waals surface area contributed by atoms with Crippen LogP contribution in [0.15, 0.2) is 52.9 Å². The number of fused-ring (bicyclic) bond motifs is 1. The number of aromatic nitrogens is 2. The molecule has 0 saturated carbocycles. The molecule has 0 saturated heterocycles. The number of nitrogens with zero attached hydrogens (tertiary/aromatic N) is 2. The maximum absolute atomic E-state index is 13.4. The highest BCUT2D eigenvalue weighted by atomic mass is 35.5. The second-order valence-electron chi connectivity index (χ2n) is 6.12. The number of aromatic carboxylic acids is 1. The number of aromatic amines is 1. The highest BCUT2D eigenvalue weighted by Crippen LogP contribution is 2.28. The number of carboxylic acid groups (broad SMARTS) is 1. The summed E-state index contributed by atoms with van der Waals surface area (Å²) < 4.78 is 19.1. The Balaban J connectivity index is 1.69. The van der Waals surface area contributed by atoms with Crippen LogP contribution in [-0.2, 0) is 0 Å². The molecule has 29 heavy (non-hydrogen) atoms. The maximum Gasteiger partial charge on any atom is 0.337 e. The van der Waals surface area contributed by atoms with Crippen LogP contribution >= 0.6 is 11.6 Å². The lowest BCUT2D eigenvalue weighted by molar-refractivity contribution is 0.0697. The third-order valence-corrected chi connectivity index (χ3v) is 4.54. The van der Waals surface area contributed by atoms with E-state index < -0.39 is 11.8 Å². The van der Waals surface area contributed by atoms with Crippen molar-refractivity contribution >= 4 is 40.3 Å². The average Bonchev–Trinajstić information content (AvgIpc) is 3.32. The Morgan fingerprint density at radius 1 is 1.24 bits per heavy atom. The summed E-state index contributed by atoms with van der Waals surface area (Å²) in [6.07, 6.45) is 1.49. The van der Waals surface area contributed by atoms with Gasteiger partial charge >= 0.3 is 5.97 Å². The predicted molar refractivity (Wildman–Crippen MR) is 106 cm³/mol. The molecule has 0 amide bonds. The van der Waals surface area contributed by atoms with Crippen LogP contribution in [0.2, 0.25) is 5.02 Å². The molecule has 2 N–H and O–H groups in total. The molecule has 0 spiro atoms. The first-order valence-electron chi connectivity index (χ1n) is 8.35. The Bertz CT molecular complexity index is 1330. The number of allylic oxidation sites excluding steroid dienone is 1. The zero-order chi connectivity index (χ0) is 20.5. The smallest absolute Gasteiger partial charge is 0.337 e. The summed E-state index contributed by atoms with van der Waals surface area (Å²) in [5.74, 6) is -0.480. The zero-order valence-electron chi connectivity index (χ0n) is 14.6. The molecule has 0 aliphatic rings. The van der Waals surface area contributed by atoms with E-state index in [1.54, 1.807) is 18.2 Å². The summed E-state index contributed by atoms with van der Waals surface area (Å²) in [6, 6.07) is 14.0. The first kappa shape index (κ1) is 18.5. The fourth-order valence-electron chi connectivity index (χ4n) is 2.83. The average molecular weight is 408 g/mol. The SMILES string of the molecule is N#C/C(=C\c1ccc(-c2ccc(Cl)c(C(=O)O)c2)o1)c1nc2ccc(F)cc2[nH]1. The summed E-state index contributed by atoms with van der Waals surface area (Å²) in [5, 5.41) is 18.8. The van der Waals surface area contributed by atoms with Gasteiger partial charge in [-0.25, -0.2) is 14.2 Å². The van der Waals surface area contributed by atoms with Gasteiger partial charge in [0.05, 0.1) is 27.2 Å². The quantitative estimate of drug-likeness (QED) is 0.442. The van der Waals surface area contributed by atoms with Crippen LogP contribution in [0, 0.1) is 17.1 Å². The molecule has 0 bridgehead atoms. The number of H-pyrrole nitrogens is 1. The van der Waals surface area contributed by atoms with Crippen molar-refractivity contribution in [3.63, 3.8) is 0 Å². The zero-order valence-corrected chi connectivity index (χ0v) is 15.4. The lowest BCUT2D eigenvalue weighted by Gasteiger charge is -2.02. The Hall–Kier alpha value is -3.89. The van der Waals surface area contributed by atoms with Gasteiger partial charge in [0.25, 0.3) is 0 Å². The van der Waals surface area contributed by atoms with Crippen molar-refractivity contribution in [2.45, 2.75) is 0 Å². The highest BCUT2D eigenvalue weighted by molar-refractivity contribution is 6.33.